The lowest BCUT2D eigenvalue weighted by atomic mass is 10.2. The number of rotatable bonds is 7. The Morgan fingerprint density at radius 3 is 2.73 bits per heavy atom. The number of nitrogens with zero attached hydrogens (tertiary/aromatic N) is 1. The molecule has 1 aromatic carbocycles. The molecule has 0 aliphatic carbocycles. The zero-order valence-corrected chi connectivity index (χ0v) is 15.4. The van der Waals surface area contributed by atoms with E-state index in [0.717, 1.165) is 4.90 Å². The van der Waals surface area contributed by atoms with Gasteiger partial charge in [-0.15, -0.1) is 11.8 Å². The molecule has 26 heavy (non-hydrogen) atoms. The maximum atomic E-state index is 14.3. The fraction of sp³-hybridized carbons (Fsp3) is 0.294. The first kappa shape index (κ1) is 20.0. The molecular formula is C17H20FN3O4S. The van der Waals surface area contributed by atoms with E-state index in [0.29, 0.717) is 0 Å². The van der Waals surface area contributed by atoms with Crippen LogP contribution < -0.4 is 16.4 Å². The molecule has 1 amide bonds. The molecule has 1 atom stereocenters. The van der Waals surface area contributed by atoms with Crippen LogP contribution >= 0.6 is 11.8 Å². The molecule has 0 aliphatic rings. The number of aliphatic hydroxyl groups is 1. The third kappa shape index (κ3) is 4.84. The molecular weight excluding hydrogens is 361 g/mol. The van der Waals surface area contributed by atoms with E-state index in [1.165, 1.54) is 54.6 Å². The molecule has 7 nitrogen and oxygen atoms in total. The van der Waals surface area contributed by atoms with Crippen molar-refractivity contribution >= 4 is 29.2 Å². The monoisotopic (exact) mass is 381 g/mol. The minimum absolute atomic E-state index is 0.0889. The Labute approximate surface area is 154 Å². The molecule has 3 N–H and O–H groups in total. The van der Waals surface area contributed by atoms with Crippen molar-refractivity contribution < 1.29 is 19.1 Å². The molecule has 0 aliphatic heterocycles. The number of carbonyl (C=O) groups excluding carboxylic acids is 1. The second-order valence-corrected chi connectivity index (χ2v) is 6.43. The molecule has 0 radical (unpaired) electrons. The number of aromatic nitrogens is 1. The Morgan fingerprint density at radius 2 is 2.12 bits per heavy atom. The van der Waals surface area contributed by atoms with Crippen LogP contribution in [0.4, 0.5) is 15.9 Å². The van der Waals surface area contributed by atoms with Gasteiger partial charge in [0.05, 0.1) is 17.4 Å². The summed E-state index contributed by atoms with van der Waals surface area (Å²) in [6.45, 7) is 1.41. The molecule has 140 valence electrons. The van der Waals surface area contributed by atoms with Crippen molar-refractivity contribution in [1.82, 2.24) is 10.0 Å². The van der Waals surface area contributed by atoms with E-state index in [1.807, 2.05) is 6.26 Å². The predicted molar refractivity (Wildman–Crippen MR) is 98.2 cm³/mol. The van der Waals surface area contributed by atoms with Gasteiger partial charge in [0.2, 0.25) is 0 Å². The van der Waals surface area contributed by atoms with Gasteiger partial charge in [-0.3, -0.25) is 19.0 Å². The van der Waals surface area contributed by atoms with Gasteiger partial charge in [-0.1, -0.05) is 0 Å². The average molecular weight is 381 g/mol. The summed E-state index contributed by atoms with van der Waals surface area (Å²) in [5.41, 5.74) is 2.04. The van der Waals surface area contributed by atoms with Gasteiger partial charge in [0.15, 0.2) is 0 Å². The number of nitrogens with one attached hydrogen (secondary N) is 2. The summed E-state index contributed by atoms with van der Waals surface area (Å²) in [6.07, 6.45) is 1.08. The van der Waals surface area contributed by atoms with Gasteiger partial charge in [0.25, 0.3) is 11.5 Å². The summed E-state index contributed by atoms with van der Waals surface area (Å²) in [7, 11) is 1.46. The lowest BCUT2D eigenvalue weighted by Gasteiger charge is -2.16. The smallest absolute Gasteiger partial charge is 0.278 e. The Balaban J connectivity index is 2.33. The highest BCUT2D eigenvalue weighted by molar-refractivity contribution is 7.98. The molecule has 1 aromatic heterocycles. The average Bonchev–Trinajstić information content (AvgIpc) is 2.60. The van der Waals surface area contributed by atoms with Crippen LogP contribution in [0, 0.1) is 5.82 Å². The number of amides is 1. The molecule has 0 bridgehead atoms. The number of hydroxylamine groups is 1. The normalized spacial score (nSPS) is 11.9. The third-order valence-corrected chi connectivity index (χ3v) is 4.20. The van der Waals surface area contributed by atoms with Crippen molar-refractivity contribution in [1.29, 1.82) is 0 Å². The maximum Gasteiger partial charge on any atom is 0.278 e. The van der Waals surface area contributed by atoms with E-state index in [9.17, 15) is 14.0 Å². The molecule has 0 fully saturated rings. The molecule has 0 saturated carbocycles. The summed E-state index contributed by atoms with van der Waals surface area (Å²) in [4.78, 5) is 29.9. The van der Waals surface area contributed by atoms with Crippen LogP contribution in [0.2, 0.25) is 0 Å². The number of carbonyl (C=O) groups is 1. The predicted octanol–water partition coefficient (Wildman–Crippen LogP) is 2.03. The SMILES string of the molecule is CSc1ccc(Nc2c(C(=O)NOC[C@H](C)O)ccc(=O)n2C)c(F)c1. The molecule has 0 spiro atoms. The van der Waals surface area contributed by atoms with Crippen molar-refractivity contribution in [3.63, 3.8) is 0 Å². The van der Waals surface area contributed by atoms with E-state index in [2.05, 4.69) is 10.8 Å². The van der Waals surface area contributed by atoms with Crippen molar-refractivity contribution in [2.75, 3.05) is 18.2 Å². The summed E-state index contributed by atoms with van der Waals surface area (Å²) < 4.78 is 15.5. The minimum Gasteiger partial charge on any atom is -0.391 e. The van der Waals surface area contributed by atoms with E-state index < -0.39 is 17.8 Å². The molecule has 0 saturated heterocycles. The topological polar surface area (TPSA) is 92.6 Å². The molecule has 1 heterocycles. The molecule has 0 unspecified atom stereocenters. The Kier molecular flexibility index (Phi) is 6.78. The summed E-state index contributed by atoms with van der Waals surface area (Å²) >= 11 is 1.40. The second-order valence-electron chi connectivity index (χ2n) is 5.55. The number of anilines is 2. The number of aliphatic hydroxyl groups excluding tert-OH is 1. The van der Waals surface area contributed by atoms with Crippen molar-refractivity contribution in [3.8, 4) is 0 Å². The van der Waals surface area contributed by atoms with Crippen LogP contribution in [0.1, 0.15) is 17.3 Å². The third-order valence-electron chi connectivity index (χ3n) is 3.48. The number of halogens is 1. The highest BCUT2D eigenvalue weighted by Crippen LogP contribution is 2.25. The standard InChI is InChI=1S/C17H20FN3O4S/c1-10(22)9-25-20-17(24)12-5-7-15(23)21(2)16(12)19-14-6-4-11(26-3)8-13(14)18/h4-8,10,19,22H,9H2,1-3H3,(H,20,24)/t10-/m0/s1. The van der Waals surface area contributed by atoms with E-state index >= 15 is 0 Å². The van der Waals surface area contributed by atoms with Crippen LogP contribution in [0.25, 0.3) is 0 Å². The summed E-state index contributed by atoms with van der Waals surface area (Å²) in [6, 6.07) is 7.16. The van der Waals surface area contributed by atoms with Gasteiger partial charge in [0.1, 0.15) is 18.2 Å². The highest BCUT2D eigenvalue weighted by Gasteiger charge is 2.17. The van der Waals surface area contributed by atoms with Gasteiger partial charge >= 0.3 is 0 Å². The zero-order chi connectivity index (χ0) is 19.3. The largest absolute Gasteiger partial charge is 0.391 e. The number of benzene rings is 1. The Morgan fingerprint density at radius 1 is 1.38 bits per heavy atom. The number of pyridine rings is 1. The Bertz CT molecular complexity index is 854. The fourth-order valence-corrected chi connectivity index (χ4v) is 2.53. The van der Waals surface area contributed by atoms with Crippen LogP contribution in [-0.2, 0) is 11.9 Å². The van der Waals surface area contributed by atoms with Gasteiger partial charge in [-0.25, -0.2) is 9.87 Å². The van der Waals surface area contributed by atoms with Gasteiger partial charge in [-0.05, 0) is 37.4 Å². The van der Waals surface area contributed by atoms with Gasteiger partial charge in [-0.2, -0.15) is 0 Å². The van der Waals surface area contributed by atoms with E-state index in [1.54, 1.807) is 6.07 Å². The minimum atomic E-state index is -0.753. The molecule has 9 heteroatoms. The molecule has 2 rings (SSSR count). The first-order valence-electron chi connectivity index (χ1n) is 7.74. The van der Waals surface area contributed by atoms with Crippen LogP contribution in [-0.4, -0.2) is 34.5 Å². The number of thioether (sulfide) groups is 1. The van der Waals surface area contributed by atoms with E-state index in [4.69, 9.17) is 9.94 Å². The lowest BCUT2D eigenvalue weighted by molar-refractivity contribution is -0.00685. The van der Waals surface area contributed by atoms with Gasteiger partial charge in [0, 0.05) is 18.0 Å². The summed E-state index contributed by atoms with van der Waals surface area (Å²) in [5.74, 6) is -1.03. The van der Waals surface area contributed by atoms with Crippen molar-refractivity contribution in [2.24, 2.45) is 7.05 Å². The summed E-state index contributed by atoms with van der Waals surface area (Å²) in [5, 5.41) is 12.0. The first-order valence-corrected chi connectivity index (χ1v) is 8.96. The first-order chi connectivity index (χ1) is 12.3. The number of hydrogen-bond donors (Lipinski definition) is 3. The van der Waals surface area contributed by atoms with Crippen LogP contribution in [0.3, 0.4) is 0 Å². The Hall–Kier alpha value is -2.36. The number of hydrogen-bond acceptors (Lipinski definition) is 6. The fourth-order valence-electron chi connectivity index (χ4n) is 2.11. The quantitative estimate of drug-likeness (QED) is 0.502. The van der Waals surface area contributed by atoms with Crippen molar-refractivity contribution in [2.45, 2.75) is 17.9 Å². The van der Waals surface area contributed by atoms with E-state index in [-0.39, 0.29) is 29.2 Å². The van der Waals surface area contributed by atoms with Crippen LogP contribution in [0.5, 0.6) is 0 Å². The molecule has 2 aromatic rings. The maximum absolute atomic E-state index is 14.3. The zero-order valence-electron chi connectivity index (χ0n) is 14.6. The van der Waals surface area contributed by atoms with Gasteiger partial charge < -0.3 is 10.4 Å². The van der Waals surface area contributed by atoms with Crippen LogP contribution in [0.15, 0.2) is 40.0 Å². The highest BCUT2D eigenvalue weighted by atomic mass is 32.2. The lowest BCUT2D eigenvalue weighted by Crippen LogP contribution is -2.30. The second kappa shape index (κ2) is 8.84. The van der Waals surface area contributed by atoms with Crippen molar-refractivity contribution in [3.05, 3.63) is 52.1 Å².